The van der Waals surface area contributed by atoms with Crippen molar-refractivity contribution in [2.75, 3.05) is 11.4 Å². The Morgan fingerprint density at radius 2 is 2.00 bits per heavy atom. The van der Waals surface area contributed by atoms with Crippen LogP contribution in [-0.2, 0) is 11.2 Å². The number of amides is 1. The number of para-hydroxylation sites is 1. The van der Waals surface area contributed by atoms with E-state index < -0.39 is 0 Å². The highest BCUT2D eigenvalue weighted by Gasteiger charge is 2.29. The van der Waals surface area contributed by atoms with Crippen molar-refractivity contribution >= 4 is 44.9 Å². The van der Waals surface area contributed by atoms with Crippen molar-refractivity contribution in [1.29, 1.82) is 0 Å². The Morgan fingerprint density at radius 1 is 1.23 bits per heavy atom. The summed E-state index contributed by atoms with van der Waals surface area (Å²) in [6.07, 6.45) is 0.930. The molecule has 0 spiro atoms. The van der Waals surface area contributed by atoms with Crippen molar-refractivity contribution in [1.82, 2.24) is 9.97 Å². The van der Waals surface area contributed by atoms with Crippen molar-refractivity contribution in [3.8, 4) is 0 Å². The Balaban J connectivity index is 1.64. The van der Waals surface area contributed by atoms with Gasteiger partial charge in [0.05, 0.1) is 5.25 Å². The molecule has 0 saturated carbocycles. The average molecular weight is 384 g/mol. The van der Waals surface area contributed by atoms with Crippen LogP contribution in [0, 0.1) is 20.8 Å². The standard InChI is InChI=1S/C20H21N3OS2/c1-11-12(2)25-18-17(11)19(22-14(4)21-18)26-13(3)20(24)23-10-9-15-7-5-6-8-16(15)23/h5-8,13H,9-10H2,1-4H3. The van der Waals surface area contributed by atoms with Gasteiger partial charge in [-0.15, -0.1) is 11.3 Å². The van der Waals surface area contributed by atoms with Gasteiger partial charge in [0.15, 0.2) is 0 Å². The Morgan fingerprint density at radius 3 is 2.81 bits per heavy atom. The van der Waals surface area contributed by atoms with Crippen LogP contribution in [0.3, 0.4) is 0 Å². The van der Waals surface area contributed by atoms with E-state index >= 15 is 0 Å². The smallest absolute Gasteiger partial charge is 0.240 e. The Labute approximate surface area is 161 Å². The number of thioether (sulfide) groups is 1. The summed E-state index contributed by atoms with van der Waals surface area (Å²) >= 11 is 3.25. The molecule has 1 aliphatic rings. The van der Waals surface area contributed by atoms with E-state index in [4.69, 9.17) is 0 Å². The lowest BCUT2D eigenvalue weighted by Crippen LogP contribution is -2.35. The van der Waals surface area contributed by atoms with Gasteiger partial charge < -0.3 is 4.90 Å². The lowest BCUT2D eigenvalue weighted by molar-refractivity contribution is -0.117. The van der Waals surface area contributed by atoms with Crippen LogP contribution in [0.5, 0.6) is 0 Å². The summed E-state index contributed by atoms with van der Waals surface area (Å²) in [4.78, 5) is 26.5. The van der Waals surface area contributed by atoms with Gasteiger partial charge in [-0.25, -0.2) is 9.97 Å². The fourth-order valence-electron chi connectivity index (χ4n) is 3.40. The minimum atomic E-state index is -0.196. The molecule has 6 heteroatoms. The predicted octanol–water partition coefficient (Wildman–Crippen LogP) is 4.69. The molecule has 1 aliphatic heterocycles. The molecule has 1 atom stereocenters. The first-order valence-electron chi connectivity index (χ1n) is 8.76. The number of nitrogens with zero attached hydrogens (tertiary/aromatic N) is 3. The Bertz CT molecular complexity index is 1010. The molecule has 0 saturated heterocycles. The van der Waals surface area contributed by atoms with E-state index in [0.717, 1.165) is 39.7 Å². The SMILES string of the molecule is Cc1nc(SC(C)C(=O)N2CCc3ccccc32)c2c(C)c(C)sc2n1. The fraction of sp³-hybridized carbons (Fsp3) is 0.350. The summed E-state index contributed by atoms with van der Waals surface area (Å²) in [5.41, 5.74) is 3.53. The molecule has 0 aliphatic carbocycles. The molecule has 26 heavy (non-hydrogen) atoms. The molecule has 134 valence electrons. The van der Waals surface area contributed by atoms with Crippen LogP contribution in [0.25, 0.3) is 10.2 Å². The van der Waals surface area contributed by atoms with Crippen LogP contribution < -0.4 is 4.90 Å². The molecule has 0 N–H and O–H groups in total. The minimum absolute atomic E-state index is 0.147. The monoisotopic (exact) mass is 383 g/mol. The number of aryl methyl sites for hydroxylation is 3. The van der Waals surface area contributed by atoms with E-state index in [2.05, 4.69) is 29.9 Å². The zero-order valence-corrected chi connectivity index (χ0v) is 17.0. The van der Waals surface area contributed by atoms with Crippen LogP contribution in [-0.4, -0.2) is 27.7 Å². The molecular weight excluding hydrogens is 362 g/mol. The summed E-state index contributed by atoms with van der Waals surface area (Å²) in [7, 11) is 0. The van der Waals surface area contributed by atoms with Gasteiger partial charge in [-0.2, -0.15) is 0 Å². The maximum Gasteiger partial charge on any atom is 0.240 e. The third-order valence-corrected chi connectivity index (χ3v) is 7.07. The second-order valence-corrected chi connectivity index (χ2v) is 9.20. The van der Waals surface area contributed by atoms with E-state index in [1.165, 1.54) is 16.0 Å². The fourth-order valence-corrected chi connectivity index (χ4v) is 5.66. The van der Waals surface area contributed by atoms with Crippen molar-refractivity contribution < 1.29 is 4.79 Å². The van der Waals surface area contributed by atoms with Gasteiger partial charge in [0.25, 0.3) is 0 Å². The number of carbonyl (C=O) groups is 1. The van der Waals surface area contributed by atoms with Crippen LogP contribution in [0.2, 0.25) is 0 Å². The number of anilines is 1. The van der Waals surface area contributed by atoms with Crippen molar-refractivity contribution in [2.45, 2.75) is 44.4 Å². The van der Waals surface area contributed by atoms with Crippen LogP contribution in [0.1, 0.15) is 28.8 Å². The molecule has 4 rings (SSSR count). The molecule has 1 unspecified atom stereocenters. The highest BCUT2D eigenvalue weighted by atomic mass is 32.2. The van der Waals surface area contributed by atoms with Crippen molar-refractivity contribution in [2.24, 2.45) is 0 Å². The van der Waals surface area contributed by atoms with E-state index in [1.54, 1.807) is 23.1 Å². The van der Waals surface area contributed by atoms with Gasteiger partial charge in [-0.1, -0.05) is 30.0 Å². The first kappa shape index (κ1) is 17.5. The minimum Gasteiger partial charge on any atom is -0.311 e. The Kier molecular flexibility index (Phi) is 4.49. The van der Waals surface area contributed by atoms with Gasteiger partial charge in [0.1, 0.15) is 15.7 Å². The van der Waals surface area contributed by atoms with Crippen LogP contribution >= 0.6 is 23.1 Å². The number of rotatable bonds is 3. The molecule has 3 heterocycles. The molecule has 2 aromatic heterocycles. The second-order valence-electron chi connectivity index (χ2n) is 6.67. The largest absolute Gasteiger partial charge is 0.311 e. The summed E-state index contributed by atoms with van der Waals surface area (Å²) in [5.74, 6) is 0.904. The second kappa shape index (κ2) is 6.67. The molecule has 3 aromatic rings. The third-order valence-electron chi connectivity index (χ3n) is 4.90. The summed E-state index contributed by atoms with van der Waals surface area (Å²) in [6.45, 7) is 8.88. The number of benzene rings is 1. The molecule has 0 fully saturated rings. The lowest BCUT2D eigenvalue weighted by Gasteiger charge is -2.21. The Hall–Kier alpha value is -1.92. The molecule has 1 amide bonds. The summed E-state index contributed by atoms with van der Waals surface area (Å²) in [6, 6.07) is 8.18. The summed E-state index contributed by atoms with van der Waals surface area (Å²) in [5, 5.41) is 1.82. The number of hydrogen-bond acceptors (Lipinski definition) is 5. The first-order valence-corrected chi connectivity index (χ1v) is 10.5. The quantitative estimate of drug-likeness (QED) is 0.486. The zero-order valence-electron chi connectivity index (χ0n) is 15.4. The van der Waals surface area contributed by atoms with Crippen molar-refractivity contribution in [3.63, 3.8) is 0 Å². The van der Waals surface area contributed by atoms with Crippen LogP contribution in [0.15, 0.2) is 29.3 Å². The molecule has 1 aromatic carbocycles. The van der Waals surface area contributed by atoms with Gasteiger partial charge in [0.2, 0.25) is 5.91 Å². The van der Waals surface area contributed by atoms with E-state index in [9.17, 15) is 4.79 Å². The average Bonchev–Trinajstić information content (AvgIpc) is 3.15. The third kappa shape index (κ3) is 2.91. The van der Waals surface area contributed by atoms with E-state index in [1.807, 2.05) is 36.9 Å². The number of thiophene rings is 1. The molecule has 0 bridgehead atoms. The lowest BCUT2D eigenvalue weighted by atomic mass is 10.2. The number of carbonyl (C=O) groups excluding carboxylic acids is 1. The summed E-state index contributed by atoms with van der Waals surface area (Å²) < 4.78 is 0. The normalized spacial score (nSPS) is 14.7. The first-order chi connectivity index (χ1) is 12.5. The van der Waals surface area contributed by atoms with Gasteiger partial charge in [-0.05, 0) is 51.3 Å². The van der Waals surface area contributed by atoms with Crippen LogP contribution in [0.4, 0.5) is 5.69 Å². The number of fused-ring (bicyclic) bond motifs is 2. The van der Waals surface area contributed by atoms with Gasteiger partial charge in [0, 0.05) is 22.5 Å². The maximum absolute atomic E-state index is 13.1. The van der Waals surface area contributed by atoms with Gasteiger partial charge >= 0.3 is 0 Å². The van der Waals surface area contributed by atoms with Crippen molar-refractivity contribution in [3.05, 3.63) is 46.1 Å². The molecule has 0 radical (unpaired) electrons. The zero-order chi connectivity index (χ0) is 18.4. The highest BCUT2D eigenvalue weighted by molar-refractivity contribution is 8.00. The topological polar surface area (TPSA) is 46.1 Å². The molecule has 4 nitrogen and oxygen atoms in total. The number of aromatic nitrogens is 2. The molecular formula is C20H21N3OS2. The van der Waals surface area contributed by atoms with E-state index in [-0.39, 0.29) is 11.2 Å². The van der Waals surface area contributed by atoms with E-state index in [0.29, 0.717) is 0 Å². The highest BCUT2D eigenvalue weighted by Crippen LogP contribution is 2.37. The van der Waals surface area contributed by atoms with Gasteiger partial charge in [-0.3, -0.25) is 4.79 Å². The predicted molar refractivity (Wildman–Crippen MR) is 109 cm³/mol. The number of hydrogen-bond donors (Lipinski definition) is 0. The maximum atomic E-state index is 13.1.